The van der Waals surface area contributed by atoms with Crippen LogP contribution in [0, 0.1) is 6.92 Å². The SMILES string of the molecule is CC(=O)C(Br)c1ccc(C)c(CC(=O)O)c1. The number of carboxylic acid groups (broad SMARTS) is 1. The van der Waals surface area contributed by atoms with Gasteiger partial charge >= 0.3 is 5.97 Å². The molecule has 0 saturated carbocycles. The maximum absolute atomic E-state index is 11.2. The van der Waals surface area contributed by atoms with E-state index in [1.807, 2.05) is 19.1 Å². The van der Waals surface area contributed by atoms with Crippen LogP contribution in [-0.2, 0) is 16.0 Å². The van der Waals surface area contributed by atoms with Crippen molar-refractivity contribution >= 4 is 27.7 Å². The molecule has 0 radical (unpaired) electrons. The molecule has 1 aromatic carbocycles. The Labute approximate surface area is 103 Å². The first kappa shape index (κ1) is 12.9. The summed E-state index contributed by atoms with van der Waals surface area (Å²) in [6, 6.07) is 5.44. The summed E-state index contributed by atoms with van der Waals surface area (Å²) in [4.78, 5) is 21.5. The third kappa shape index (κ3) is 3.17. The molecule has 0 aromatic heterocycles. The first-order valence-corrected chi connectivity index (χ1v) is 5.79. The highest BCUT2D eigenvalue weighted by Gasteiger charge is 2.14. The van der Waals surface area contributed by atoms with Crippen LogP contribution in [0.4, 0.5) is 0 Å². The lowest BCUT2D eigenvalue weighted by molar-refractivity contribution is -0.136. The van der Waals surface area contributed by atoms with Gasteiger partial charge in [-0.2, -0.15) is 0 Å². The molecule has 0 bridgehead atoms. The van der Waals surface area contributed by atoms with Crippen molar-refractivity contribution < 1.29 is 14.7 Å². The van der Waals surface area contributed by atoms with Gasteiger partial charge in [0.25, 0.3) is 0 Å². The number of ketones is 1. The van der Waals surface area contributed by atoms with Crippen LogP contribution in [-0.4, -0.2) is 16.9 Å². The Morgan fingerprint density at radius 3 is 2.56 bits per heavy atom. The largest absolute Gasteiger partial charge is 0.481 e. The average molecular weight is 285 g/mol. The van der Waals surface area contributed by atoms with Gasteiger partial charge in [0.05, 0.1) is 11.2 Å². The molecule has 3 nitrogen and oxygen atoms in total. The predicted molar refractivity (Wildman–Crippen MR) is 64.9 cm³/mol. The topological polar surface area (TPSA) is 54.4 Å². The van der Waals surface area contributed by atoms with Gasteiger partial charge < -0.3 is 5.11 Å². The molecule has 16 heavy (non-hydrogen) atoms. The van der Waals surface area contributed by atoms with Gasteiger partial charge in [0.1, 0.15) is 5.78 Å². The molecule has 86 valence electrons. The van der Waals surface area contributed by atoms with Crippen LogP contribution in [0.1, 0.15) is 28.4 Å². The molecular formula is C12H13BrO3. The van der Waals surface area contributed by atoms with Crippen molar-refractivity contribution in [3.05, 3.63) is 34.9 Å². The standard InChI is InChI=1S/C12H13BrO3/c1-7-3-4-9(12(13)8(2)14)5-10(7)6-11(15)16/h3-5,12H,6H2,1-2H3,(H,15,16). The molecular weight excluding hydrogens is 272 g/mol. The number of carbonyl (C=O) groups excluding carboxylic acids is 1. The second kappa shape index (κ2) is 5.25. The van der Waals surface area contributed by atoms with E-state index < -0.39 is 5.97 Å². The van der Waals surface area contributed by atoms with E-state index in [1.54, 1.807) is 6.07 Å². The van der Waals surface area contributed by atoms with Gasteiger partial charge in [-0.25, -0.2) is 0 Å². The van der Waals surface area contributed by atoms with E-state index in [-0.39, 0.29) is 17.0 Å². The van der Waals surface area contributed by atoms with E-state index in [4.69, 9.17) is 5.11 Å². The van der Waals surface area contributed by atoms with Crippen molar-refractivity contribution in [2.24, 2.45) is 0 Å². The summed E-state index contributed by atoms with van der Waals surface area (Å²) < 4.78 is 0. The van der Waals surface area contributed by atoms with E-state index in [1.165, 1.54) is 6.92 Å². The minimum atomic E-state index is -0.866. The number of carboxylic acids is 1. The third-order valence-corrected chi connectivity index (χ3v) is 3.54. The van der Waals surface area contributed by atoms with Gasteiger partial charge in [-0.05, 0) is 30.5 Å². The molecule has 0 aliphatic heterocycles. The smallest absolute Gasteiger partial charge is 0.307 e. The quantitative estimate of drug-likeness (QED) is 0.865. The first-order chi connectivity index (χ1) is 7.41. The van der Waals surface area contributed by atoms with Crippen molar-refractivity contribution in [1.82, 2.24) is 0 Å². The Morgan fingerprint density at radius 1 is 1.44 bits per heavy atom. The number of hydrogen-bond donors (Lipinski definition) is 1. The van der Waals surface area contributed by atoms with Crippen LogP contribution in [0.2, 0.25) is 0 Å². The van der Waals surface area contributed by atoms with Gasteiger partial charge in [0.15, 0.2) is 0 Å². The minimum absolute atomic E-state index is 0.00475. The lowest BCUT2D eigenvalue weighted by atomic mass is 10.00. The number of Topliss-reactive ketones (excluding diaryl/α,β-unsaturated/α-hetero) is 1. The van der Waals surface area contributed by atoms with E-state index in [9.17, 15) is 9.59 Å². The molecule has 1 N–H and O–H groups in total. The molecule has 0 saturated heterocycles. The summed E-state index contributed by atoms with van der Waals surface area (Å²) in [5.41, 5.74) is 2.47. The summed E-state index contributed by atoms with van der Waals surface area (Å²) in [5, 5.41) is 8.75. The number of hydrogen-bond acceptors (Lipinski definition) is 2. The number of halogens is 1. The fourth-order valence-corrected chi connectivity index (χ4v) is 1.72. The van der Waals surface area contributed by atoms with E-state index in [0.29, 0.717) is 0 Å². The van der Waals surface area contributed by atoms with E-state index >= 15 is 0 Å². The predicted octanol–water partition coefficient (Wildman–Crippen LogP) is 2.65. The molecule has 4 heteroatoms. The molecule has 0 fully saturated rings. The fourth-order valence-electron chi connectivity index (χ4n) is 1.44. The monoisotopic (exact) mass is 284 g/mol. The molecule has 0 spiro atoms. The minimum Gasteiger partial charge on any atom is -0.481 e. The summed E-state index contributed by atoms with van der Waals surface area (Å²) in [5.74, 6) is -0.862. The summed E-state index contributed by atoms with van der Waals surface area (Å²) >= 11 is 3.28. The maximum Gasteiger partial charge on any atom is 0.307 e. The zero-order chi connectivity index (χ0) is 12.3. The number of carbonyl (C=O) groups is 2. The highest BCUT2D eigenvalue weighted by Crippen LogP contribution is 2.25. The Morgan fingerprint density at radius 2 is 2.06 bits per heavy atom. The van der Waals surface area contributed by atoms with Gasteiger partial charge in [-0.1, -0.05) is 34.1 Å². The summed E-state index contributed by atoms with van der Waals surface area (Å²) in [7, 11) is 0. The van der Waals surface area contributed by atoms with Gasteiger partial charge in [-0.3, -0.25) is 9.59 Å². The maximum atomic E-state index is 11.2. The first-order valence-electron chi connectivity index (χ1n) is 4.87. The highest BCUT2D eigenvalue weighted by atomic mass is 79.9. The van der Waals surface area contributed by atoms with Crippen molar-refractivity contribution in [2.45, 2.75) is 25.1 Å². The average Bonchev–Trinajstić information content (AvgIpc) is 2.19. The lowest BCUT2D eigenvalue weighted by Gasteiger charge is -2.10. The number of aryl methyl sites for hydroxylation is 1. The zero-order valence-corrected chi connectivity index (χ0v) is 10.7. The van der Waals surface area contributed by atoms with Crippen LogP contribution in [0.3, 0.4) is 0 Å². The van der Waals surface area contributed by atoms with Crippen LogP contribution < -0.4 is 0 Å². The van der Waals surface area contributed by atoms with Crippen molar-refractivity contribution in [2.75, 3.05) is 0 Å². The second-order valence-corrected chi connectivity index (χ2v) is 4.65. The lowest BCUT2D eigenvalue weighted by Crippen LogP contribution is -2.05. The van der Waals surface area contributed by atoms with Crippen LogP contribution in [0.15, 0.2) is 18.2 Å². The molecule has 0 aliphatic rings. The third-order valence-electron chi connectivity index (χ3n) is 2.36. The van der Waals surface area contributed by atoms with Gasteiger partial charge in [0, 0.05) is 0 Å². The Balaban J connectivity index is 3.06. The molecule has 1 aromatic rings. The van der Waals surface area contributed by atoms with Crippen LogP contribution >= 0.6 is 15.9 Å². The molecule has 1 unspecified atom stereocenters. The fraction of sp³-hybridized carbons (Fsp3) is 0.333. The van der Waals surface area contributed by atoms with Gasteiger partial charge in [0.2, 0.25) is 0 Å². The summed E-state index contributed by atoms with van der Waals surface area (Å²) in [6.07, 6.45) is -0.0166. The second-order valence-electron chi connectivity index (χ2n) is 3.73. The molecule has 0 amide bonds. The molecule has 0 heterocycles. The molecule has 0 aliphatic carbocycles. The normalized spacial score (nSPS) is 12.2. The number of rotatable bonds is 4. The van der Waals surface area contributed by atoms with E-state index in [0.717, 1.165) is 16.7 Å². The van der Waals surface area contributed by atoms with Crippen LogP contribution in [0.25, 0.3) is 0 Å². The van der Waals surface area contributed by atoms with E-state index in [2.05, 4.69) is 15.9 Å². The Kier molecular flexibility index (Phi) is 4.24. The van der Waals surface area contributed by atoms with Crippen LogP contribution in [0.5, 0.6) is 0 Å². The number of aliphatic carboxylic acids is 1. The highest BCUT2D eigenvalue weighted by molar-refractivity contribution is 9.09. The van der Waals surface area contributed by atoms with Crippen molar-refractivity contribution in [3.8, 4) is 0 Å². The van der Waals surface area contributed by atoms with Crippen molar-refractivity contribution in [1.29, 1.82) is 0 Å². The number of benzene rings is 1. The molecule has 1 rings (SSSR count). The Bertz CT molecular complexity index is 426. The van der Waals surface area contributed by atoms with Crippen molar-refractivity contribution in [3.63, 3.8) is 0 Å². The zero-order valence-electron chi connectivity index (χ0n) is 9.16. The molecule has 1 atom stereocenters. The summed E-state index contributed by atoms with van der Waals surface area (Å²) in [6.45, 7) is 3.36. The Hall–Kier alpha value is -1.16. The van der Waals surface area contributed by atoms with Gasteiger partial charge in [-0.15, -0.1) is 0 Å². The number of alkyl halides is 1.